The van der Waals surface area contributed by atoms with Crippen LogP contribution in [0.15, 0.2) is 22.7 Å². The lowest BCUT2D eigenvalue weighted by atomic mass is 10.1. The van der Waals surface area contributed by atoms with E-state index in [0.29, 0.717) is 11.8 Å². The smallest absolute Gasteiger partial charge is 0.120 e. The van der Waals surface area contributed by atoms with Crippen LogP contribution in [0.5, 0.6) is 5.75 Å². The summed E-state index contributed by atoms with van der Waals surface area (Å²) in [6, 6.07) is 6.37. The van der Waals surface area contributed by atoms with Gasteiger partial charge in [0.1, 0.15) is 5.75 Å². The zero-order chi connectivity index (χ0) is 12.3. The lowest BCUT2D eigenvalue weighted by Gasteiger charge is -2.27. The summed E-state index contributed by atoms with van der Waals surface area (Å²) in [5.74, 6) is 0.407. The van der Waals surface area contributed by atoms with Crippen LogP contribution >= 0.6 is 15.9 Å². The van der Waals surface area contributed by atoms with Crippen molar-refractivity contribution in [3.8, 4) is 5.75 Å². The molecule has 1 fully saturated rings. The standard InChI is InChI=1S/C14H20BrNO/c1-2-16(13-5-3-4-6-13)10-11-9-12(15)7-8-14(11)17/h7-9,13,17H,2-6,10H2,1H3. The van der Waals surface area contributed by atoms with Gasteiger partial charge in [0.15, 0.2) is 0 Å². The molecule has 2 nitrogen and oxygen atoms in total. The first kappa shape index (κ1) is 12.9. The van der Waals surface area contributed by atoms with Crippen LogP contribution < -0.4 is 0 Å². The number of benzene rings is 1. The van der Waals surface area contributed by atoms with Gasteiger partial charge in [-0.2, -0.15) is 0 Å². The molecule has 0 aliphatic heterocycles. The molecule has 1 aromatic rings. The van der Waals surface area contributed by atoms with Crippen molar-refractivity contribution in [2.24, 2.45) is 0 Å². The molecule has 0 atom stereocenters. The Balaban J connectivity index is 2.09. The molecular weight excluding hydrogens is 278 g/mol. The highest BCUT2D eigenvalue weighted by atomic mass is 79.9. The van der Waals surface area contributed by atoms with Crippen molar-refractivity contribution in [3.63, 3.8) is 0 Å². The number of hydrogen-bond acceptors (Lipinski definition) is 2. The molecule has 1 aliphatic rings. The van der Waals surface area contributed by atoms with Crippen molar-refractivity contribution >= 4 is 15.9 Å². The first-order valence-corrected chi connectivity index (χ1v) is 7.21. The van der Waals surface area contributed by atoms with Gasteiger partial charge in [-0.3, -0.25) is 4.90 Å². The summed E-state index contributed by atoms with van der Waals surface area (Å²) in [5, 5.41) is 9.87. The highest BCUT2D eigenvalue weighted by Crippen LogP contribution is 2.28. The maximum atomic E-state index is 9.87. The highest BCUT2D eigenvalue weighted by Gasteiger charge is 2.22. The van der Waals surface area contributed by atoms with Gasteiger partial charge in [0.05, 0.1) is 0 Å². The third kappa shape index (κ3) is 3.23. The molecule has 1 saturated carbocycles. The highest BCUT2D eigenvalue weighted by molar-refractivity contribution is 9.10. The fourth-order valence-electron chi connectivity index (χ4n) is 2.67. The van der Waals surface area contributed by atoms with E-state index in [1.807, 2.05) is 12.1 Å². The zero-order valence-corrected chi connectivity index (χ0v) is 11.9. The summed E-state index contributed by atoms with van der Waals surface area (Å²) in [7, 11) is 0. The van der Waals surface area contributed by atoms with E-state index < -0.39 is 0 Å². The molecule has 0 bridgehead atoms. The zero-order valence-electron chi connectivity index (χ0n) is 10.3. The van der Waals surface area contributed by atoms with Gasteiger partial charge < -0.3 is 5.11 Å². The Morgan fingerprint density at radius 1 is 1.35 bits per heavy atom. The number of phenolic OH excluding ortho intramolecular Hbond substituents is 1. The predicted octanol–water partition coefficient (Wildman–Crippen LogP) is 3.92. The molecular formula is C14H20BrNO. The lowest BCUT2D eigenvalue weighted by Crippen LogP contribution is -2.32. The van der Waals surface area contributed by atoms with Crippen LogP contribution in [0.3, 0.4) is 0 Å². The van der Waals surface area contributed by atoms with E-state index in [-0.39, 0.29) is 0 Å². The number of nitrogens with zero attached hydrogens (tertiary/aromatic N) is 1. The Morgan fingerprint density at radius 3 is 2.71 bits per heavy atom. The Kier molecular flexibility index (Phi) is 4.46. The molecule has 0 amide bonds. The van der Waals surface area contributed by atoms with Crippen LogP contribution in [-0.2, 0) is 6.54 Å². The van der Waals surface area contributed by atoms with Crippen LogP contribution in [0.1, 0.15) is 38.2 Å². The Morgan fingerprint density at radius 2 is 2.06 bits per heavy atom. The van der Waals surface area contributed by atoms with Crippen LogP contribution in [0.4, 0.5) is 0 Å². The lowest BCUT2D eigenvalue weighted by molar-refractivity contribution is 0.198. The molecule has 1 N–H and O–H groups in total. The summed E-state index contributed by atoms with van der Waals surface area (Å²) in [6.45, 7) is 4.11. The Labute approximate surface area is 112 Å². The predicted molar refractivity (Wildman–Crippen MR) is 74.1 cm³/mol. The summed E-state index contributed by atoms with van der Waals surface area (Å²) in [6.07, 6.45) is 5.32. The first-order valence-electron chi connectivity index (χ1n) is 6.42. The molecule has 0 heterocycles. The van der Waals surface area contributed by atoms with Gasteiger partial charge in [0.2, 0.25) is 0 Å². The molecule has 0 radical (unpaired) electrons. The van der Waals surface area contributed by atoms with Gasteiger partial charge in [-0.1, -0.05) is 35.7 Å². The van der Waals surface area contributed by atoms with E-state index in [0.717, 1.165) is 23.1 Å². The maximum absolute atomic E-state index is 9.87. The molecule has 0 spiro atoms. The molecule has 1 aliphatic carbocycles. The van der Waals surface area contributed by atoms with Gasteiger partial charge >= 0.3 is 0 Å². The number of phenols is 1. The van der Waals surface area contributed by atoms with Crippen molar-refractivity contribution in [1.82, 2.24) is 4.90 Å². The molecule has 2 rings (SSSR count). The normalized spacial score (nSPS) is 16.9. The average molecular weight is 298 g/mol. The largest absolute Gasteiger partial charge is 0.508 e. The summed E-state index contributed by atoms with van der Waals surface area (Å²) >= 11 is 3.46. The average Bonchev–Trinajstić information content (AvgIpc) is 2.84. The summed E-state index contributed by atoms with van der Waals surface area (Å²) < 4.78 is 1.03. The maximum Gasteiger partial charge on any atom is 0.120 e. The molecule has 3 heteroatoms. The van der Waals surface area contributed by atoms with E-state index in [2.05, 4.69) is 27.8 Å². The van der Waals surface area contributed by atoms with Crippen LogP contribution in [0, 0.1) is 0 Å². The number of rotatable bonds is 4. The van der Waals surface area contributed by atoms with Crippen molar-refractivity contribution in [1.29, 1.82) is 0 Å². The Hall–Kier alpha value is -0.540. The third-order valence-electron chi connectivity index (χ3n) is 3.66. The molecule has 0 aromatic heterocycles. The SMILES string of the molecule is CCN(Cc1cc(Br)ccc1O)C1CCCC1. The van der Waals surface area contributed by atoms with Crippen LogP contribution in [0.2, 0.25) is 0 Å². The van der Waals surface area contributed by atoms with E-state index in [1.165, 1.54) is 25.7 Å². The monoisotopic (exact) mass is 297 g/mol. The van der Waals surface area contributed by atoms with E-state index in [9.17, 15) is 5.11 Å². The summed E-state index contributed by atoms with van der Waals surface area (Å²) in [5.41, 5.74) is 1.02. The Bertz CT molecular complexity index is 374. The molecule has 17 heavy (non-hydrogen) atoms. The molecule has 1 aromatic carbocycles. The minimum atomic E-state index is 0.407. The minimum absolute atomic E-state index is 0.407. The van der Waals surface area contributed by atoms with Crippen molar-refractivity contribution in [3.05, 3.63) is 28.2 Å². The number of halogens is 1. The van der Waals surface area contributed by atoms with Gasteiger partial charge in [-0.05, 0) is 37.6 Å². The van der Waals surface area contributed by atoms with Crippen LogP contribution in [0.25, 0.3) is 0 Å². The van der Waals surface area contributed by atoms with Gasteiger partial charge in [-0.25, -0.2) is 0 Å². The van der Waals surface area contributed by atoms with Gasteiger partial charge in [0, 0.05) is 22.6 Å². The number of hydrogen-bond donors (Lipinski definition) is 1. The number of aromatic hydroxyl groups is 1. The van der Waals surface area contributed by atoms with E-state index >= 15 is 0 Å². The summed E-state index contributed by atoms with van der Waals surface area (Å²) in [4.78, 5) is 2.48. The minimum Gasteiger partial charge on any atom is -0.508 e. The topological polar surface area (TPSA) is 23.5 Å². The molecule has 0 unspecified atom stereocenters. The van der Waals surface area contributed by atoms with Gasteiger partial charge in [0.25, 0.3) is 0 Å². The third-order valence-corrected chi connectivity index (χ3v) is 4.16. The fourth-order valence-corrected chi connectivity index (χ4v) is 3.08. The van der Waals surface area contributed by atoms with Gasteiger partial charge in [-0.15, -0.1) is 0 Å². The van der Waals surface area contributed by atoms with Crippen LogP contribution in [-0.4, -0.2) is 22.6 Å². The first-order chi connectivity index (χ1) is 8.20. The van der Waals surface area contributed by atoms with E-state index in [4.69, 9.17) is 0 Å². The fraction of sp³-hybridized carbons (Fsp3) is 0.571. The van der Waals surface area contributed by atoms with Crippen molar-refractivity contribution in [2.45, 2.75) is 45.2 Å². The van der Waals surface area contributed by atoms with E-state index in [1.54, 1.807) is 6.07 Å². The second-order valence-corrected chi connectivity index (χ2v) is 5.69. The quantitative estimate of drug-likeness (QED) is 0.910. The second kappa shape index (κ2) is 5.87. The second-order valence-electron chi connectivity index (χ2n) is 4.77. The van der Waals surface area contributed by atoms with Crippen molar-refractivity contribution < 1.29 is 5.11 Å². The molecule has 0 saturated heterocycles. The van der Waals surface area contributed by atoms with Crippen molar-refractivity contribution in [2.75, 3.05) is 6.54 Å². The molecule has 94 valence electrons.